The number of halogens is 1. The van der Waals surface area contributed by atoms with Crippen molar-refractivity contribution in [3.8, 4) is 0 Å². The van der Waals surface area contributed by atoms with Crippen molar-refractivity contribution in [3.05, 3.63) is 35.6 Å². The fraction of sp³-hybridized carbons (Fsp3) is 0.385. The van der Waals surface area contributed by atoms with Crippen molar-refractivity contribution in [2.24, 2.45) is 5.92 Å². The number of carbonyl (C=O) groups excluding carboxylic acids is 1. The molecule has 1 N–H and O–H groups in total. The third-order valence-corrected chi connectivity index (χ3v) is 3.28. The number of Topliss-reactive ketones (excluding diaryl/α,β-unsaturated/α-hetero) is 1. The summed E-state index contributed by atoms with van der Waals surface area (Å²) >= 11 is 0. The topological polar surface area (TPSA) is 54.4 Å². The van der Waals surface area contributed by atoms with Crippen molar-refractivity contribution in [3.63, 3.8) is 0 Å². The first-order valence-electron chi connectivity index (χ1n) is 5.58. The zero-order chi connectivity index (χ0) is 12.4. The van der Waals surface area contributed by atoms with E-state index in [1.807, 2.05) is 0 Å². The highest BCUT2D eigenvalue weighted by atomic mass is 19.1. The molecular formula is C13H13FO3. The Hall–Kier alpha value is -1.71. The van der Waals surface area contributed by atoms with Crippen LogP contribution in [0.2, 0.25) is 0 Å². The summed E-state index contributed by atoms with van der Waals surface area (Å²) in [5, 5.41) is 9.13. The molecular weight excluding hydrogens is 223 g/mol. The van der Waals surface area contributed by atoms with Crippen LogP contribution in [0.3, 0.4) is 0 Å². The minimum Gasteiger partial charge on any atom is -0.481 e. The molecule has 3 nitrogen and oxygen atoms in total. The summed E-state index contributed by atoms with van der Waals surface area (Å²) in [5.41, 5.74) is 0.729. The number of benzene rings is 1. The van der Waals surface area contributed by atoms with Crippen LogP contribution in [0.15, 0.2) is 24.3 Å². The molecule has 1 fully saturated rings. The molecule has 0 amide bonds. The predicted molar refractivity (Wildman–Crippen MR) is 59.1 cm³/mol. The van der Waals surface area contributed by atoms with Crippen molar-refractivity contribution in [1.82, 2.24) is 0 Å². The van der Waals surface area contributed by atoms with Gasteiger partial charge in [0.15, 0.2) is 0 Å². The molecule has 2 rings (SSSR count). The highest BCUT2D eigenvalue weighted by molar-refractivity contribution is 5.83. The van der Waals surface area contributed by atoms with Gasteiger partial charge in [-0.25, -0.2) is 4.39 Å². The highest BCUT2D eigenvalue weighted by Crippen LogP contribution is 2.36. The molecule has 1 aliphatic carbocycles. The summed E-state index contributed by atoms with van der Waals surface area (Å²) in [5.74, 6) is -2.03. The van der Waals surface area contributed by atoms with Crippen LogP contribution in [0.25, 0.3) is 0 Å². The SMILES string of the molecule is O=C1CC[C@H](C(=O)O)[C@@H](c2ccc(F)cc2)C1. The van der Waals surface area contributed by atoms with Gasteiger partial charge < -0.3 is 5.11 Å². The van der Waals surface area contributed by atoms with Gasteiger partial charge in [-0.1, -0.05) is 12.1 Å². The summed E-state index contributed by atoms with van der Waals surface area (Å²) in [4.78, 5) is 22.5. The molecule has 90 valence electrons. The Morgan fingerprint density at radius 1 is 1.29 bits per heavy atom. The average molecular weight is 236 g/mol. The second kappa shape index (κ2) is 4.65. The van der Waals surface area contributed by atoms with Gasteiger partial charge in [-0.3, -0.25) is 9.59 Å². The van der Waals surface area contributed by atoms with Crippen LogP contribution in [-0.2, 0) is 9.59 Å². The maximum Gasteiger partial charge on any atom is 0.307 e. The van der Waals surface area contributed by atoms with E-state index in [1.54, 1.807) is 12.1 Å². The lowest BCUT2D eigenvalue weighted by Crippen LogP contribution is -2.29. The summed E-state index contributed by atoms with van der Waals surface area (Å²) in [6, 6.07) is 5.73. The quantitative estimate of drug-likeness (QED) is 0.857. The molecule has 17 heavy (non-hydrogen) atoms. The Balaban J connectivity index is 2.28. The molecule has 0 unspecified atom stereocenters. The van der Waals surface area contributed by atoms with E-state index >= 15 is 0 Å². The van der Waals surface area contributed by atoms with E-state index in [-0.39, 0.29) is 23.9 Å². The first-order valence-corrected chi connectivity index (χ1v) is 5.58. The lowest BCUT2D eigenvalue weighted by atomic mass is 9.75. The smallest absolute Gasteiger partial charge is 0.307 e. The number of rotatable bonds is 2. The fourth-order valence-corrected chi connectivity index (χ4v) is 2.36. The number of carbonyl (C=O) groups is 2. The zero-order valence-corrected chi connectivity index (χ0v) is 9.23. The first kappa shape index (κ1) is 11.8. The third-order valence-electron chi connectivity index (χ3n) is 3.28. The molecule has 2 atom stereocenters. The number of ketones is 1. The lowest BCUT2D eigenvalue weighted by molar-refractivity contribution is -0.144. The van der Waals surface area contributed by atoms with Crippen LogP contribution in [0.4, 0.5) is 4.39 Å². The van der Waals surface area contributed by atoms with Gasteiger partial charge >= 0.3 is 5.97 Å². The Kier molecular flexibility index (Phi) is 3.22. The van der Waals surface area contributed by atoms with E-state index in [9.17, 15) is 14.0 Å². The van der Waals surface area contributed by atoms with Crippen LogP contribution in [0.1, 0.15) is 30.7 Å². The van der Waals surface area contributed by atoms with Crippen molar-refractivity contribution < 1.29 is 19.1 Å². The second-order valence-electron chi connectivity index (χ2n) is 4.38. The Morgan fingerprint density at radius 3 is 2.53 bits per heavy atom. The molecule has 0 heterocycles. The number of hydrogen-bond acceptors (Lipinski definition) is 2. The van der Waals surface area contributed by atoms with Crippen molar-refractivity contribution in [2.75, 3.05) is 0 Å². The molecule has 0 saturated heterocycles. The van der Waals surface area contributed by atoms with Crippen molar-refractivity contribution >= 4 is 11.8 Å². The molecule has 0 bridgehead atoms. The van der Waals surface area contributed by atoms with E-state index in [1.165, 1.54) is 12.1 Å². The van der Waals surface area contributed by atoms with E-state index in [4.69, 9.17) is 5.11 Å². The summed E-state index contributed by atoms with van der Waals surface area (Å²) in [6.07, 6.45) is 0.938. The first-order chi connectivity index (χ1) is 8.08. The maximum atomic E-state index is 12.8. The van der Waals surface area contributed by atoms with Gasteiger partial charge in [-0.2, -0.15) is 0 Å². The summed E-state index contributed by atoms with van der Waals surface area (Å²) < 4.78 is 12.8. The Bertz CT molecular complexity index is 438. The predicted octanol–water partition coefficient (Wildman–Crippen LogP) is 2.36. The van der Waals surface area contributed by atoms with E-state index in [0.717, 1.165) is 5.56 Å². The van der Waals surface area contributed by atoms with Crippen LogP contribution >= 0.6 is 0 Å². The average Bonchev–Trinajstić information content (AvgIpc) is 2.29. The van der Waals surface area contributed by atoms with Gasteiger partial charge in [0.1, 0.15) is 11.6 Å². The molecule has 1 aliphatic rings. The van der Waals surface area contributed by atoms with Crippen LogP contribution in [0.5, 0.6) is 0 Å². The molecule has 0 radical (unpaired) electrons. The number of carboxylic acid groups (broad SMARTS) is 1. The number of hydrogen-bond donors (Lipinski definition) is 1. The zero-order valence-electron chi connectivity index (χ0n) is 9.23. The molecule has 0 aliphatic heterocycles. The van der Waals surface area contributed by atoms with Crippen LogP contribution < -0.4 is 0 Å². The molecule has 0 spiro atoms. The van der Waals surface area contributed by atoms with Gasteiger partial charge in [-0.15, -0.1) is 0 Å². The Morgan fingerprint density at radius 2 is 1.94 bits per heavy atom. The number of aliphatic carboxylic acids is 1. The molecule has 1 saturated carbocycles. The van der Waals surface area contributed by atoms with Gasteiger partial charge in [0.05, 0.1) is 5.92 Å². The van der Waals surface area contributed by atoms with Crippen LogP contribution in [-0.4, -0.2) is 16.9 Å². The summed E-state index contributed by atoms with van der Waals surface area (Å²) in [7, 11) is 0. The second-order valence-corrected chi connectivity index (χ2v) is 4.38. The van der Waals surface area contributed by atoms with Gasteiger partial charge in [-0.05, 0) is 24.1 Å². The van der Waals surface area contributed by atoms with Crippen LogP contribution in [0, 0.1) is 11.7 Å². The standard InChI is InChI=1S/C13H13FO3/c14-9-3-1-8(2-4-9)12-7-10(15)5-6-11(12)13(16)17/h1-4,11-12H,5-7H2,(H,16,17)/t11-,12+/m0/s1. The largest absolute Gasteiger partial charge is 0.481 e. The van der Waals surface area contributed by atoms with Gasteiger partial charge in [0.2, 0.25) is 0 Å². The van der Waals surface area contributed by atoms with Crippen molar-refractivity contribution in [2.45, 2.75) is 25.2 Å². The fourth-order valence-electron chi connectivity index (χ4n) is 2.36. The monoisotopic (exact) mass is 236 g/mol. The van der Waals surface area contributed by atoms with E-state index in [0.29, 0.717) is 12.8 Å². The normalized spacial score (nSPS) is 24.6. The molecule has 1 aromatic rings. The third kappa shape index (κ3) is 2.52. The maximum absolute atomic E-state index is 12.8. The van der Waals surface area contributed by atoms with Crippen molar-refractivity contribution in [1.29, 1.82) is 0 Å². The Labute approximate surface area is 98.3 Å². The molecule has 4 heteroatoms. The van der Waals surface area contributed by atoms with E-state index < -0.39 is 11.9 Å². The molecule has 1 aromatic carbocycles. The molecule has 0 aromatic heterocycles. The van der Waals surface area contributed by atoms with Gasteiger partial charge in [0, 0.05) is 18.8 Å². The van der Waals surface area contributed by atoms with Gasteiger partial charge in [0.25, 0.3) is 0 Å². The minimum atomic E-state index is -0.883. The number of carboxylic acids is 1. The minimum absolute atomic E-state index is 0.0804. The lowest BCUT2D eigenvalue weighted by Gasteiger charge is -2.28. The highest BCUT2D eigenvalue weighted by Gasteiger charge is 2.35. The summed E-state index contributed by atoms with van der Waals surface area (Å²) in [6.45, 7) is 0. The van der Waals surface area contributed by atoms with E-state index in [2.05, 4.69) is 0 Å².